The number of hydrogen-bond acceptors (Lipinski definition) is 0. The largest absolute Gasteiger partial charge is 0.0619 e. The molecule has 0 bridgehead atoms. The van der Waals surface area contributed by atoms with Gasteiger partial charge in [0.15, 0.2) is 0 Å². The number of benzene rings is 3. The third kappa shape index (κ3) is 2.73. The lowest BCUT2D eigenvalue weighted by Gasteiger charge is -2.25. The molecule has 0 heteroatoms. The molecule has 144 valence electrons. The predicted octanol–water partition coefficient (Wildman–Crippen LogP) is 8.22. The maximum absolute atomic E-state index is 2.45. The first-order chi connectivity index (χ1) is 13.2. The van der Waals surface area contributed by atoms with Crippen molar-refractivity contribution in [3.05, 3.63) is 82.4 Å². The van der Waals surface area contributed by atoms with Crippen LogP contribution in [0.25, 0.3) is 22.3 Å². The molecule has 0 radical (unpaired) electrons. The molecule has 3 aromatic carbocycles. The van der Waals surface area contributed by atoms with E-state index < -0.39 is 0 Å². The van der Waals surface area contributed by atoms with E-state index in [1.807, 2.05) is 0 Å². The van der Waals surface area contributed by atoms with Crippen molar-refractivity contribution >= 4 is 0 Å². The lowest BCUT2D eigenvalue weighted by Crippen LogP contribution is -2.15. The maximum atomic E-state index is 2.45. The molecule has 3 aromatic rings. The van der Waals surface area contributed by atoms with E-state index in [9.17, 15) is 0 Å². The van der Waals surface area contributed by atoms with Gasteiger partial charge in [0.05, 0.1) is 0 Å². The second-order valence-electron chi connectivity index (χ2n) is 9.50. The summed E-state index contributed by atoms with van der Waals surface area (Å²) >= 11 is 0. The third-order valence-electron chi connectivity index (χ3n) is 6.55. The number of hydrogen-bond donors (Lipinski definition) is 0. The highest BCUT2D eigenvalue weighted by molar-refractivity contribution is 5.84. The third-order valence-corrected chi connectivity index (χ3v) is 6.55. The lowest BCUT2D eigenvalue weighted by atomic mass is 9.79. The quantitative estimate of drug-likeness (QED) is 0.437. The highest BCUT2D eigenvalue weighted by atomic mass is 14.4. The van der Waals surface area contributed by atoms with Crippen LogP contribution in [-0.4, -0.2) is 0 Å². The molecule has 0 saturated heterocycles. The molecule has 0 unspecified atom stereocenters. The first-order valence-corrected chi connectivity index (χ1v) is 10.6. The molecule has 0 amide bonds. The molecule has 28 heavy (non-hydrogen) atoms. The summed E-state index contributed by atoms with van der Waals surface area (Å²) in [6.45, 7) is 16.3. The number of fused-ring (bicyclic) bond motifs is 3. The molecular weight excluding hydrogens is 336 g/mol. The van der Waals surface area contributed by atoms with Crippen LogP contribution in [0.2, 0.25) is 0 Å². The standard InChI is InChI=1S/C28H32/c1-17(2)26-19(5)12-14-21(27(26)18(3)4)20-13-15-23-22-10-8-9-11-24(22)28(6,7)25(23)16-20/h8-18H,1-7H3. The van der Waals surface area contributed by atoms with Crippen molar-refractivity contribution in [2.45, 2.75) is 65.7 Å². The van der Waals surface area contributed by atoms with Crippen LogP contribution in [0.4, 0.5) is 0 Å². The van der Waals surface area contributed by atoms with Crippen LogP contribution in [-0.2, 0) is 5.41 Å². The molecule has 4 rings (SSSR count). The van der Waals surface area contributed by atoms with E-state index in [0.717, 1.165) is 0 Å². The van der Waals surface area contributed by atoms with Gasteiger partial charge in [-0.15, -0.1) is 0 Å². The summed E-state index contributed by atoms with van der Waals surface area (Å²) < 4.78 is 0. The Hall–Kier alpha value is -2.34. The van der Waals surface area contributed by atoms with E-state index in [1.54, 1.807) is 0 Å². The Labute approximate surface area is 170 Å². The first-order valence-electron chi connectivity index (χ1n) is 10.6. The minimum Gasteiger partial charge on any atom is -0.0619 e. The van der Waals surface area contributed by atoms with Gasteiger partial charge in [0.1, 0.15) is 0 Å². The molecule has 1 aliphatic carbocycles. The summed E-state index contributed by atoms with van der Waals surface area (Å²) in [6.07, 6.45) is 0. The molecule has 0 spiro atoms. The molecule has 0 heterocycles. The van der Waals surface area contributed by atoms with E-state index in [4.69, 9.17) is 0 Å². The topological polar surface area (TPSA) is 0 Å². The minimum atomic E-state index is 0.0471. The first kappa shape index (κ1) is 19.0. The van der Waals surface area contributed by atoms with Gasteiger partial charge < -0.3 is 0 Å². The Kier molecular flexibility index (Phi) is 4.49. The lowest BCUT2D eigenvalue weighted by molar-refractivity contribution is 0.660. The molecule has 0 N–H and O–H groups in total. The second-order valence-corrected chi connectivity index (χ2v) is 9.50. The summed E-state index contributed by atoms with van der Waals surface area (Å²) in [4.78, 5) is 0. The molecule has 0 aliphatic heterocycles. The maximum Gasteiger partial charge on any atom is 0.0159 e. The van der Waals surface area contributed by atoms with Crippen molar-refractivity contribution < 1.29 is 0 Å². The van der Waals surface area contributed by atoms with Crippen LogP contribution < -0.4 is 0 Å². The van der Waals surface area contributed by atoms with E-state index >= 15 is 0 Å². The van der Waals surface area contributed by atoms with E-state index in [2.05, 4.69) is 103 Å². The van der Waals surface area contributed by atoms with E-state index in [1.165, 1.54) is 50.1 Å². The fraction of sp³-hybridized carbons (Fsp3) is 0.357. The van der Waals surface area contributed by atoms with Crippen molar-refractivity contribution in [3.8, 4) is 22.3 Å². The minimum absolute atomic E-state index is 0.0471. The van der Waals surface area contributed by atoms with Gasteiger partial charge in [0.25, 0.3) is 0 Å². The van der Waals surface area contributed by atoms with Crippen molar-refractivity contribution in [2.24, 2.45) is 0 Å². The zero-order chi connectivity index (χ0) is 20.2. The van der Waals surface area contributed by atoms with Crippen LogP contribution in [0.5, 0.6) is 0 Å². The Morgan fingerprint density at radius 3 is 1.93 bits per heavy atom. The van der Waals surface area contributed by atoms with Crippen LogP contribution in [0.1, 0.15) is 81.2 Å². The van der Waals surface area contributed by atoms with E-state index in [-0.39, 0.29) is 5.41 Å². The number of rotatable bonds is 3. The van der Waals surface area contributed by atoms with Gasteiger partial charge in [-0.25, -0.2) is 0 Å². The summed E-state index contributed by atoms with van der Waals surface area (Å²) in [7, 11) is 0. The summed E-state index contributed by atoms with van der Waals surface area (Å²) in [5, 5.41) is 0. The Morgan fingerprint density at radius 2 is 1.25 bits per heavy atom. The van der Waals surface area contributed by atoms with Crippen molar-refractivity contribution in [3.63, 3.8) is 0 Å². The SMILES string of the molecule is Cc1ccc(-c2ccc3c(c2)C(C)(C)c2ccccc2-3)c(C(C)C)c1C(C)C. The van der Waals surface area contributed by atoms with Gasteiger partial charge in [-0.2, -0.15) is 0 Å². The predicted molar refractivity (Wildman–Crippen MR) is 122 cm³/mol. The highest BCUT2D eigenvalue weighted by Gasteiger charge is 2.35. The van der Waals surface area contributed by atoms with Crippen molar-refractivity contribution in [1.29, 1.82) is 0 Å². The Morgan fingerprint density at radius 1 is 0.643 bits per heavy atom. The smallest absolute Gasteiger partial charge is 0.0159 e. The summed E-state index contributed by atoms with van der Waals surface area (Å²) in [5.41, 5.74) is 12.9. The van der Waals surface area contributed by atoms with Crippen LogP contribution in [0.15, 0.2) is 54.6 Å². The molecule has 0 nitrogen and oxygen atoms in total. The Balaban J connectivity index is 1.95. The molecule has 0 saturated carbocycles. The zero-order valence-electron chi connectivity index (χ0n) is 18.4. The Bertz CT molecular complexity index is 1050. The van der Waals surface area contributed by atoms with Gasteiger partial charge in [-0.1, -0.05) is 90.1 Å². The van der Waals surface area contributed by atoms with Crippen LogP contribution >= 0.6 is 0 Å². The molecule has 0 fully saturated rings. The molecule has 1 aliphatic rings. The fourth-order valence-electron chi connectivity index (χ4n) is 5.26. The van der Waals surface area contributed by atoms with Gasteiger partial charge in [0, 0.05) is 5.41 Å². The highest BCUT2D eigenvalue weighted by Crippen LogP contribution is 2.50. The fourth-order valence-corrected chi connectivity index (χ4v) is 5.26. The molecule has 0 aromatic heterocycles. The van der Waals surface area contributed by atoms with E-state index in [0.29, 0.717) is 11.8 Å². The number of aryl methyl sites for hydroxylation is 1. The van der Waals surface area contributed by atoms with Gasteiger partial charge in [-0.05, 0) is 74.9 Å². The van der Waals surface area contributed by atoms with Crippen LogP contribution in [0.3, 0.4) is 0 Å². The van der Waals surface area contributed by atoms with Gasteiger partial charge >= 0.3 is 0 Å². The van der Waals surface area contributed by atoms with Gasteiger partial charge in [0.2, 0.25) is 0 Å². The normalized spacial score (nSPS) is 14.5. The average Bonchev–Trinajstić information content (AvgIpc) is 2.88. The molecule has 0 atom stereocenters. The van der Waals surface area contributed by atoms with Crippen LogP contribution in [0, 0.1) is 6.92 Å². The van der Waals surface area contributed by atoms with Crippen molar-refractivity contribution in [2.75, 3.05) is 0 Å². The molecular formula is C28H32. The van der Waals surface area contributed by atoms with Gasteiger partial charge in [-0.3, -0.25) is 0 Å². The zero-order valence-corrected chi connectivity index (χ0v) is 18.4. The summed E-state index contributed by atoms with van der Waals surface area (Å²) in [6, 6.07) is 20.7. The van der Waals surface area contributed by atoms with Crippen molar-refractivity contribution in [1.82, 2.24) is 0 Å². The monoisotopic (exact) mass is 368 g/mol. The summed E-state index contributed by atoms with van der Waals surface area (Å²) in [5.74, 6) is 1.04. The second kappa shape index (κ2) is 6.62. The average molecular weight is 369 g/mol.